The first kappa shape index (κ1) is 13.7. The van der Waals surface area contributed by atoms with E-state index in [-0.39, 0.29) is 29.0 Å². The van der Waals surface area contributed by atoms with E-state index in [1.54, 1.807) is 0 Å². The fourth-order valence-electron chi connectivity index (χ4n) is 2.29. The first-order valence-electron chi connectivity index (χ1n) is 6.34. The fraction of sp³-hybridized carbons (Fsp3) is 0.500. The molecule has 1 atom stereocenters. The quantitative estimate of drug-likeness (QED) is 0.712. The molecular formula is C14H19NO4. The van der Waals surface area contributed by atoms with Gasteiger partial charge in [-0.2, -0.15) is 0 Å². The Morgan fingerprint density at radius 2 is 2.11 bits per heavy atom. The molecule has 0 bridgehead atoms. The van der Waals surface area contributed by atoms with Gasteiger partial charge in [0, 0.05) is 18.2 Å². The van der Waals surface area contributed by atoms with Crippen molar-refractivity contribution in [1.82, 2.24) is 5.32 Å². The van der Waals surface area contributed by atoms with Crippen LogP contribution in [-0.4, -0.2) is 34.4 Å². The molecule has 104 valence electrons. The number of phenolic OH excluding ortho intramolecular Hbond substituents is 2. The molecular weight excluding hydrogens is 246 g/mol. The summed E-state index contributed by atoms with van der Waals surface area (Å²) in [5, 5.41) is 21.5. The number of carbonyl (C=O) groups is 1. The van der Waals surface area contributed by atoms with Crippen molar-refractivity contribution in [2.75, 3.05) is 6.61 Å². The number of phenols is 2. The number of ether oxygens (including phenoxy) is 1. The minimum absolute atomic E-state index is 0.0622. The number of amides is 1. The van der Waals surface area contributed by atoms with Gasteiger partial charge in [-0.15, -0.1) is 0 Å². The summed E-state index contributed by atoms with van der Waals surface area (Å²) in [6.45, 7) is 4.62. The highest BCUT2D eigenvalue weighted by Crippen LogP contribution is 2.26. The number of rotatable bonds is 2. The van der Waals surface area contributed by atoms with Gasteiger partial charge in [-0.1, -0.05) is 0 Å². The average Bonchev–Trinajstić information content (AvgIpc) is 2.31. The molecule has 2 rings (SSSR count). The topological polar surface area (TPSA) is 78.8 Å². The summed E-state index contributed by atoms with van der Waals surface area (Å²) in [6, 6.07) is 4.11. The maximum atomic E-state index is 12.0. The van der Waals surface area contributed by atoms with Crippen LogP contribution in [-0.2, 0) is 4.74 Å². The number of benzene rings is 1. The Labute approximate surface area is 112 Å². The summed E-state index contributed by atoms with van der Waals surface area (Å²) in [6.07, 6.45) is 1.53. The summed E-state index contributed by atoms with van der Waals surface area (Å²) in [5.41, 5.74) is 0.104. The van der Waals surface area contributed by atoms with Crippen molar-refractivity contribution >= 4 is 5.91 Å². The lowest BCUT2D eigenvalue weighted by molar-refractivity contribution is -0.0615. The predicted octanol–water partition coefficient (Wildman–Crippen LogP) is 1.79. The highest BCUT2D eigenvalue weighted by molar-refractivity contribution is 5.95. The van der Waals surface area contributed by atoms with E-state index in [0.29, 0.717) is 12.2 Å². The molecule has 3 N–H and O–H groups in total. The van der Waals surface area contributed by atoms with Crippen LogP contribution in [0.5, 0.6) is 11.5 Å². The van der Waals surface area contributed by atoms with Gasteiger partial charge in [0.25, 0.3) is 5.91 Å². The van der Waals surface area contributed by atoms with E-state index in [4.69, 9.17) is 4.74 Å². The Hall–Kier alpha value is -1.75. The minimum atomic E-state index is -0.292. The van der Waals surface area contributed by atoms with Crippen molar-refractivity contribution in [2.24, 2.45) is 0 Å². The standard InChI is InChI=1S/C14H19NO4/c1-14(2)8-10(5-6-19-14)15-13(18)9-3-4-11(16)12(17)7-9/h3-4,7,10,16-17H,5-6,8H2,1-2H3,(H,15,18). The van der Waals surface area contributed by atoms with Crippen LogP contribution in [0.1, 0.15) is 37.0 Å². The molecule has 1 amide bonds. The van der Waals surface area contributed by atoms with Crippen molar-refractivity contribution < 1.29 is 19.7 Å². The predicted molar refractivity (Wildman–Crippen MR) is 70.3 cm³/mol. The largest absolute Gasteiger partial charge is 0.504 e. The molecule has 1 heterocycles. The van der Waals surface area contributed by atoms with Crippen LogP contribution >= 0.6 is 0 Å². The normalized spacial score (nSPS) is 21.9. The molecule has 1 fully saturated rings. The molecule has 19 heavy (non-hydrogen) atoms. The lowest BCUT2D eigenvalue weighted by atomic mass is 9.94. The lowest BCUT2D eigenvalue weighted by Gasteiger charge is -2.35. The summed E-state index contributed by atoms with van der Waals surface area (Å²) in [5.74, 6) is -0.776. The van der Waals surface area contributed by atoms with E-state index in [1.165, 1.54) is 18.2 Å². The van der Waals surface area contributed by atoms with Crippen LogP contribution in [0.15, 0.2) is 18.2 Å². The second kappa shape index (κ2) is 5.09. The molecule has 0 spiro atoms. The van der Waals surface area contributed by atoms with Crippen molar-refractivity contribution in [2.45, 2.75) is 38.3 Å². The first-order valence-corrected chi connectivity index (χ1v) is 6.34. The van der Waals surface area contributed by atoms with Gasteiger partial charge in [-0.05, 0) is 44.9 Å². The van der Waals surface area contributed by atoms with Gasteiger partial charge < -0.3 is 20.3 Å². The number of hydrogen-bond donors (Lipinski definition) is 3. The van der Waals surface area contributed by atoms with Crippen LogP contribution in [0.3, 0.4) is 0 Å². The fourth-order valence-corrected chi connectivity index (χ4v) is 2.29. The zero-order valence-electron chi connectivity index (χ0n) is 11.1. The van der Waals surface area contributed by atoms with E-state index < -0.39 is 0 Å². The maximum Gasteiger partial charge on any atom is 0.251 e. The monoisotopic (exact) mass is 265 g/mol. The van der Waals surface area contributed by atoms with Crippen molar-refractivity contribution in [1.29, 1.82) is 0 Å². The second-order valence-electron chi connectivity index (χ2n) is 5.47. The molecule has 1 aromatic rings. The third-order valence-electron chi connectivity index (χ3n) is 3.27. The molecule has 5 heteroatoms. The number of aromatic hydroxyl groups is 2. The van der Waals surface area contributed by atoms with Gasteiger partial charge in [0.05, 0.1) is 5.60 Å². The van der Waals surface area contributed by atoms with Crippen LogP contribution in [0, 0.1) is 0 Å². The van der Waals surface area contributed by atoms with E-state index >= 15 is 0 Å². The molecule has 1 unspecified atom stereocenters. The van der Waals surface area contributed by atoms with E-state index in [1.807, 2.05) is 13.8 Å². The van der Waals surface area contributed by atoms with Gasteiger partial charge in [-0.25, -0.2) is 0 Å². The third kappa shape index (κ3) is 3.38. The first-order chi connectivity index (χ1) is 8.87. The molecule has 0 saturated carbocycles. The molecule has 1 saturated heterocycles. The molecule has 1 aliphatic rings. The number of carbonyl (C=O) groups excluding carboxylic acids is 1. The summed E-state index contributed by atoms with van der Waals surface area (Å²) >= 11 is 0. The van der Waals surface area contributed by atoms with Crippen LogP contribution in [0.4, 0.5) is 0 Å². The SMILES string of the molecule is CC1(C)CC(NC(=O)c2ccc(O)c(O)c2)CCO1. The van der Waals surface area contributed by atoms with Crippen molar-refractivity contribution in [3.05, 3.63) is 23.8 Å². The molecule has 5 nitrogen and oxygen atoms in total. The Bertz CT molecular complexity index is 484. The van der Waals surface area contributed by atoms with Gasteiger partial charge >= 0.3 is 0 Å². The maximum absolute atomic E-state index is 12.0. The summed E-state index contributed by atoms with van der Waals surface area (Å²) in [4.78, 5) is 12.0. The average molecular weight is 265 g/mol. The van der Waals surface area contributed by atoms with Crippen LogP contribution in [0.2, 0.25) is 0 Å². The minimum Gasteiger partial charge on any atom is -0.504 e. The Morgan fingerprint density at radius 1 is 1.37 bits per heavy atom. The molecule has 0 aliphatic carbocycles. The molecule has 1 aliphatic heterocycles. The zero-order valence-corrected chi connectivity index (χ0v) is 11.1. The highest BCUT2D eigenvalue weighted by Gasteiger charge is 2.29. The lowest BCUT2D eigenvalue weighted by Crippen LogP contribution is -2.45. The number of nitrogens with one attached hydrogen (secondary N) is 1. The van der Waals surface area contributed by atoms with Crippen molar-refractivity contribution in [3.8, 4) is 11.5 Å². The van der Waals surface area contributed by atoms with E-state index in [0.717, 1.165) is 12.8 Å². The summed E-state index contributed by atoms with van der Waals surface area (Å²) < 4.78 is 5.59. The smallest absolute Gasteiger partial charge is 0.251 e. The Kier molecular flexibility index (Phi) is 3.66. The van der Waals surface area contributed by atoms with E-state index in [2.05, 4.69) is 5.32 Å². The second-order valence-corrected chi connectivity index (χ2v) is 5.47. The molecule has 0 aromatic heterocycles. The molecule has 1 aromatic carbocycles. The van der Waals surface area contributed by atoms with Gasteiger partial charge in [-0.3, -0.25) is 4.79 Å². The Morgan fingerprint density at radius 3 is 2.74 bits per heavy atom. The van der Waals surface area contributed by atoms with Gasteiger partial charge in [0.15, 0.2) is 11.5 Å². The van der Waals surface area contributed by atoms with Crippen molar-refractivity contribution in [3.63, 3.8) is 0 Å². The number of hydrogen-bond acceptors (Lipinski definition) is 4. The van der Waals surface area contributed by atoms with Crippen LogP contribution < -0.4 is 5.32 Å². The Balaban J connectivity index is 2.02. The zero-order chi connectivity index (χ0) is 14.0. The summed E-state index contributed by atoms with van der Waals surface area (Å²) in [7, 11) is 0. The van der Waals surface area contributed by atoms with Gasteiger partial charge in [0.1, 0.15) is 0 Å². The van der Waals surface area contributed by atoms with E-state index in [9.17, 15) is 15.0 Å². The third-order valence-corrected chi connectivity index (χ3v) is 3.27. The van der Waals surface area contributed by atoms with Crippen LogP contribution in [0.25, 0.3) is 0 Å². The highest BCUT2D eigenvalue weighted by atomic mass is 16.5. The van der Waals surface area contributed by atoms with Gasteiger partial charge in [0.2, 0.25) is 0 Å². The molecule has 0 radical (unpaired) electrons.